The van der Waals surface area contributed by atoms with E-state index >= 15 is 0 Å². The maximum atomic E-state index is 11.9. The molecule has 1 aliphatic heterocycles. The molecular formula is C16H18N2O4. The predicted molar refractivity (Wildman–Crippen MR) is 81.4 cm³/mol. The summed E-state index contributed by atoms with van der Waals surface area (Å²) in [5.74, 6) is -0.655. The number of hydrogen-bond donors (Lipinski definition) is 1. The number of esters is 1. The minimum Gasteiger partial charge on any atom is -0.460 e. The van der Waals surface area contributed by atoms with E-state index in [0.717, 1.165) is 13.0 Å². The first-order chi connectivity index (χ1) is 10.6. The molecule has 2 amide bonds. The van der Waals surface area contributed by atoms with Gasteiger partial charge in [-0.15, -0.1) is 0 Å². The Morgan fingerprint density at radius 3 is 2.64 bits per heavy atom. The van der Waals surface area contributed by atoms with Crippen molar-refractivity contribution in [1.29, 1.82) is 0 Å². The van der Waals surface area contributed by atoms with Crippen molar-refractivity contribution in [3.63, 3.8) is 0 Å². The Hall–Kier alpha value is -2.63. The highest BCUT2D eigenvalue weighted by Crippen LogP contribution is 2.12. The lowest BCUT2D eigenvalue weighted by Gasteiger charge is -2.15. The van der Waals surface area contributed by atoms with Gasteiger partial charge in [-0.1, -0.05) is 6.58 Å². The van der Waals surface area contributed by atoms with Crippen LogP contribution in [0.3, 0.4) is 0 Å². The lowest BCUT2D eigenvalue weighted by Crippen LogP contribution is -2.29. The van der Waals surface area contributed by atoms with E-state index in [4.69, 9.17) is 4.74 Å². The summed E-state index contributed by atoms with van der Waals surface area (Å²) >= 11 is 0. The van der Waals surface area contributed by atoms with E-state index in [-0.39, 0.29) is 18.4 Å². The average molecular weight is 302 g/mol. The zero-order valence-electron chi connectivity index (χ0n) is 12.2. The Balaban J connectivity index is 1.80. The molecule has 116 valence electrons. The Morgan fingerprint density at radius 2 is 2.05 bits per heavy atom. The first kappa shape index (κ1) is 15.8. The van der Waals surface area contributed by atoms with Crippen molar-refractivity contribution in [2.45, 2.75) is 12.8 Å². The van der Waals surface area contributed by atoms with Crippen molar-refractivity contribution >= 4 is 23.5 Å². The van der Waals surface area contributed by atoms with Crippen LogP contribution in [0.4, 0.5) is 5.69 Å². The Morgan fingerprint density at radius 1 is 1.32 bits per heavy atom. The van der Waals surface area contributed by atoms with E-state index < -0.39 is 5.97 Å². The fraction of sp³-hybridized carbons (Fsp3) is 0.312. The number of rotatable bonds is 6. The van der Waals surface area contributed by atoms with Crippen LogP contribution in [0.15, 0.2) is 36.9 Å². The van der Waals surface area contributed by atoms with Crippen molar-refractivity contribution in [1.82, 2.24) is 4.90 Å². The molecule has 0 saturated carbocycles. The highest BCUT2D eigenvalue weighted by atomic mass is 16.5. The molecule has 0 unspecified atom stereocenters. The largest absolute Gasteiger partial charge is 0.460 e. The number of hydrogen-bond acceptors (Lipinski definition) is 4. The first-order valence-electron chi connectivity index (χ1n) is 7.08. The van der Waals surface area contributed by atoms with Crippen LogP contribution in [0.2, 0.25) is 0 Å². The summed E-state index contributed by atoms with van der Waals surface area (Å²) in [7, 11) is 0. The van der Waals surface area contributed by atoms with Crippen LogP contribution in [0.5, 0.6) is 0 Å². The van der Waals surface area contributed by atoms with Gasteiger partial charge in [0, 0.05) is 18.7 Å². The molecule has 1 fully saturated rings. The normalized spacial score (nSPS) is 13.8. The number of amides is 2. The first-order valence-corrected chi connectivity index (χ1v) is 7.08. The van der Waals surface area contributed by atoms with Gasteiger partial charge < -0.3 is 15.0 Å². The molecule has 1 aliphatic rings. The second-order valence-corrected chi connectivity index (χ2v) is 4.89. The van der Waals surface area contributed by atoms with Crippen LogP contribution >= 0.6 is 0 Å². The third kappa shape index (κ3) is 4.18. The fourth-order valence-electron chi connectivity index (χ4n) is 2.16. The molecule has 0 atom stereocenters. The van der Waals surface area contributed by atoms with Crippen molar-refractivity contribution in [3.8, 4) is 0 Å². The molecular weight excluding hydrogens is 284 g/mol. The molecule has 1 aromatic rings. The summed E-state index contributed by atoms with van der Waals surface area (Å²) in [4.78, 5) is 36.1. The van der Waals surface area contributed by atoms with Gasteiger partial charge in [0.2, 0.25) is 11.8 Å². The van der Waals surface area contributed by atoms with Gasteiger partial charge >= 0.3 is 5.97 Å². The van der Waals surface area contributed by atoms with Crippen molar-refractivity contribution in [2.24, 2.45) is 0 Å². The molecule has 0 aliphatic carbocycles. The molecule has 1 heterocycles. The minimum absolute atomic E-state index is 0.110. The summed E-state index contributed by atoms with van der Waals surface area (Å²) in [6.45, 7) is 4.70. The quantitative estimate of drug-likeness (QED) is 0.639. The van der Waals surface area contributed by atoms with Gasteiger partial charge in [0.1, 0.15) is 6.61 Å². The number of ether oxygens (including phenoxy) is 1. The van der Waals surface area contributed by atoms with Crippen LogP contribution in [-0.2, 0) is 14.3 Å². The number of benzene rings is 1. The summed E-state index contributed by atoms with van der Waals surface area (Å²) in [6, 6.07) is 6.37. The van der Waals surface area contributed by atoms with Crippen LogP contribution in [-0.4, -0.2) is 42.4 Å². The number of carbonyl (C=O) groups is 3. The molecule has 0 aromatic heterocycles. The molecule has 6 heteroatoms. The van der Waals surface area contributed by atoms with Gasteiger partial charge in [-0.2, -0.15) is 0 Å². The molecule has 1 saturated heterocycles. The Labute approximate surface area is 128 Å². The van der Waals surface area contributed by atoms with Gasteiger partial charge in [-0.05, 0) is 36.8 Å². The van der Waals surface area contributed by atoms with E-state index in [1.807, 2.05) is 0 Å². The Kier molecular flexibility index (Phi) is 5.30. The predicted octanol–water partition coefficient (Wildman–Crippen LogP) is 1.59. The number of carbonyl (C=O) groups excluding carboxylic acids is 3. The number of nitrogens with one attached hydrogen (secondary N) is 1. The smallest absolute Gasteiger partial charge is 0.338 e. The Bertz CT molecular complexity index is 580. The maximum absolute atomic E-state index is 11.9. The summed E-state index contributed by atoms with van der Waals surface area (Å²) < 4.78 is 5.14. The topological polar surface area (TPSA) is 75.7 Å². The number of anilines is 1. The number of nitrogens with zero attached hydrogens (tertiary/aromatic N) is 1. The second-order valence-electron chi connectivity index (χ2n) is 4.89. The molecule has 6 nitrogen and oxygen atoms in total. The van der Waals surface area contributed by atoms with Gasteiger partial charge in [-0.25, -0.2) is 4.79 Å². The van der Waals surface area contributed by atoms with Gasteiger partial charge in [-0.3, -0.25) is 9.59 Å². The number of likely N-dealkylation sites (tertiary alicyclic amines) is 1. The third-order valence-electron chi connectivity index (χ3n) is 3.34. The van der Waals surface area contributed by atoms with Crippen molar-refractivity contribution < 1.29 is 19.1 Å². The lowest BCUT2D eigenvalue weighted by atomic mass is 10.2. The van der Waals surface area contributed by atoms with Crippen LogP contribution in [0.25, 0.3) is 0 Å². The summed E-state index contributed by atoms with van der Waals surface area (Å²) in [5, 5.41) is 2.59. The molecule has 0 spiro atoms. The summed E-state index contributed by atoms with van der Waals surface area (Å²) in [6.07, 6.45) is 2.61. The molecule has 0 radical (unpaired) electrons. The van der Waals surface area contributed by atoms with Gasteiger partial charge in [0.15, 0.2) is 0 Å². The minimum atomic E-state index is -0.451. The van der Waals surface area contributed by atoms with E-state index in [0.29, 0.717) is 24.2 Å². The average Bonchev–Trinajstić information content (AvgIpc) is 2.93. The maximum Gasteiger partial charge on any atom is 0.338 e. The monoisotopic (exact) mass is 302 g/mol. The van der Waals surface area contributed by atoms with E-state index in [1.165, 1.54) is 6.08 Å². The lowest BCUT2D eigenvalue weighted by molar-refractivity contribution is -0.128. The second kappa shape index (κ2) is 7.40. The third-order valence-corrected chi connectivity index (χ3v) is 3.34. The van der Waals surface area contributed by atoms with Gasteiger partial charge in [0.25, 0.3) is 0 Å². The highest BCUT2D eigenvalue weighted by molar-refractivity contribution is 5.99. The zero-order chi connectivity index (χ0) is 15.9. The molecule has 0 bridgehead atoms. The standard InChI is InChI=1S/C16H18N2O4/c1-2-14(19)17-13-7-5-12(6-8-13)16(21)22-11-10-18-9-3-4-15(18)20/h2,5-8H,1,3-4,9-11H2,(H,17,19). The highest BCUT2D eigenvalue weighted by Gasteiger charge is 2.20. The SMILES string of the molecule is C=CC(=O)Nc1ccc(C(=O)OCCN2CCCC2=O)cc1. The fourth-order valence-corrected chi connectivity index (χ4v) is 2.16. The molecule has 1 N–H and O–H groups in total. The summed E-state index contributed by atoms with van der Waals surface area (Å²) in [5.41, 5.74) is 0.966. The van der Waals surface area contributed by atoms with Crippen LogP contribution in [0, 0.1) is 0 Å². The van der Waals surface area contributed by atoms with Crippen LogP contribution < -0.4 is 5.32 Å². The molecule has 22 heavy (non-hydrogen) atoms. The molecule has 1 aromatic carbocycles. The van der Waals surface area contributed by atoms with E-state index in [9.17, 15) is 14.4 Å². The zero-order valence-corrected chi connectivity index (χ0v) is 12.2. The van der Waals surface area contributed by atoms with E-state index in [2.05, 4.69) is 11.9 Å². The van der Waals surface area contributed by atoms with Crippen molar-refractivity contribution in [2.75, 3.05) is 25.0 Å². The van der Waals surface area contributed by atoms with E-state index in [1.54, 1.807) is 29.2 Å². The van der Waals surface area contributed by atoms with Crippen LogP contribution in [0.1, 0.15) is 23.2 Å². The van der Waals surface area contributed by atoms with Crippen molar-refractivity contribution in [3.05, 3.63) is 42.5 Å². The molecule has 2 rings (SSSR count). The van der Waals surface area contributed by atoms with Gasteiger partial charge in [0.05, 0.1) is 12.1 Å².